The van der Waals surface area contributed by atoms with Gasteiger partial charge in [-0.15, -0.1) is 24.0 Å². The van der Waals surface area contributed by atoms with Crippen LogP contribution < -0.4 is 16.0 Å². The standard InChI is InChI=1S/C17H32N4O2.HI/c1-6-18-16(20-9-8-19-15(22)11(2)3)21-13-12-7-10-23-14(12)17(13,4)5;/h11-14H,6-10H2,1-5H3,(H,19,22)(H2,18,20,21);1H. The van der Waals surface area contributed by atoms with E-state index in [0.29, 0.717) is 31.2 Å². The van der Waals surface area contributed by atoms with Crippen LogP contribution in [0.2, 0.25) is 0 Å². The summed E-state index contributed by atoms with van der Waals surface area (Å²) in [5.41, 5.74) is 0.128. The molecule has 0 aromatic carbocycles. The van der Waals surface area contributed by atoms with Crippen molar-refractivity contribution in [2.24, 2.45) is 22.2 Å². The normalized spacial score (nSPS) is 27.8. The molecule has 0 aromatic rings. The molecule has 24 heavy (non-hydrogen) atoms. The Hall–Kier alpha value is -0.570. The zero-order valence-electron chi connectivity index (χ0n) is 15.5. The number of nitrogens with zero attached hydrogens (tertiary/aromatic N) is 1. The number of rotatable bonds is 6. The molecule has 1 heterocycles. The van der Waals surface area contributed by atoms with E-state index in [0.717, 1.165) is 25.5 Å². The molecule has 0 aromatic heterocycles. The summed E-state index contributed by atoms with van der Waals surface area (Å²) in [6.07, 6.45) is 1.49. The summed E-state index contributed by atoms with van der Waals surface area (Å²) in [5.74, 6) is 1.49. The molecule has 2 rings (SSSR count). The fourth-order valence-electron chi connectivity index (χ4n) is 3.64. The van der Waals surface area contributed by atoms with Gasteiger partial charge >= 0.3 is 0 Å². The van der Waals surface area contributed by atoms with Gasteiger partial charge in [0.05, 0.1) is 12.6 Å². The molecule has 3 N–H and O–H groups in total. The molecule has 0 radical (unpaired) electrons. The molecule has 1 saturated carbocycles. The fraction of sp³-hybridized carbons (Fsp3) is 0.882. The predicted octanol–water partition coefficient (Wildman–Crippen LogP) is 1.75. The molecule has 1 aliphatic heterocycles. The van der Waals surface area contributed by atoms with Gasteiger partial charge in [0.15, 0.2) is 5.96 Å². The minimum absolute atomic E-state index is 0. The van der Waals surface area contributed by atoms with Gasteiger partial charge in [-0.25, -0.2) is 0 Å². The van der Waals surface area contributed by atoms with Crippen molar-refractivity contribution in [3.63, 3.8) is 0 Å². The summed E-state index contributed by atoms with van der Waals surface area (Å²) >= 11 is 0. The van der Waals surface area contributed by atoms with Gasteiger partial charge in [0.1, 0.15) is 0 Å². The first-order chi connectivity index (χ1) is 10.9. The number of halogens is 1. The molecule has 0 spiro atoms. The third-order valence-electron chi connectivity index (χ3n) is 4.94. The van der Waals surface area contributed by atoms with Crippen LogP contribution in [0.15, 0.2) is 4.99 Å². The first-order valence-corrected chi connectivity index (χ1v) is 8.82. The number of hydrogen-bond donors (Lipinski definition) is 3. The molecule has 6 nitrogen and oxygen atoms in total. The highest BCUT2D eigenvalue weighted by Gasteiger charge is 2.59. The summed E-state index contributed by atoms with van der Waals surface area (Å²) in [5, 5.41) is 9.76. The zero-order chi connectivity index (χ0) is 17.0. The van der Waals surface area contributed by atoms with E-state index in [4.69, 9.17) is 4.74 Å². The Kier molecular flexibility index (Phi) is 8.25. The Morgan fingerprint density at radius 2 is 2.04 bits per heavy atom. The number of guanidine groups is 1. The van der Waals surface area contributed by atoms with Crippen molar-refractivity contribution in [2.75, 3.05) is 26.2 Å². The average Bonchev–Trinajstić information content (AvgIpc) is 2.95. The van der Waals surface area contributed by atoms with Crippen LogP contribution >= 0.6 is 24.0 Å². The monoisotopic (exact) mass is 452 g/mol. The molecular weight excluding hydrogens is 419 g/mol. The number of fused-ring (bicyclic) bond motifs is 1. The quantitative estimate of drug-likeness (QED) is 0.249. The maximum Gasteiger partial charge on any atom is 0.222 e. The molecule has 7 heteroatoms. The first kappa shape index (κ1) is 21.5. The SMILES string of the molecule is CCNC(=NCCNC(=O)C(C)C)NC1C2CCOC2C1(C)C.I. The Balaban J connectivity index is 0.00000288. The highest BCUT2D eigenvalue weighted by atomic mass is 127. The van der Waals surface area contributed by atoms with Gasteiger partial charge in [0.2, 0.25) is 5.91 Å². The Bertz CT molecular complexity index is 454. The lowest BCUT2D eigenvalue weighted by Gasteiger charge is -2.54. The van der Waals surface area contributed by atoms with Gasteiger partial charge in [-0.05, 0) is 13.3 Å². The van der Waals surface area contributed by atoms with Crippen LogP contribution in [0.5, 0.6) is 0 Å². The fourth-order valence-corrected chi connectivity index (χ4v) is 3.64. The third kappa shape index (κ3) is 4.74. The van der Waals surface area contributed by atoms with Gasteiger partial charge in [-0.2, -0.15) is 0 Å². The lowest BCUT2D eigenvalue weighted by Crippen LogP contribution is -2.68. The van der Waals surface area contributed by atoms with Gasteiger partial charge in [0, 0.05) is 43.0 Å². The number of carbonyl (C=O) groups is 1. The number of hydrogen-bond acceptors (Lipinski definition) is 3. The van der Waals surface area contributed by atoms with E-state index < -0.39 is 0 Å². The lowest BCUT2D eigenvalue weighted by atomic mass is 9.57. The molecule has 0 bridgehead atoms. The molecule has 140 valence electrons. The number of carbonyl (C=O) groups excluding carboxylic acids is 1. The molecule has 1 amide bonds. The third-order valence-corrected chi connectivity index (χ3v) is 4.94. The van der Waals surface area contributed by atoms with Crippen molar-refractivity contribution < 1.29 is 9.53 Å². The van der Waals surface area contributed by atoms with E-state index in [1.165, 1.54) is 0 Å². The van der Waals surface area contributed by atoms with E-state index in [2.05, 4.69) is 41.7 Å². The molecular formula is C17H33IN4O2. The van der Waals surface area contributed by atoms with E-state index in [-0.39, 0.29) is 41.2 Å². The average molecular weight is 452 g/mol. The van der Waals surface area contributed by atoms with Crippen LogP contribution in [0.3, 0.4) is 0 Å². The summed E-state index contributed by atoms with van der Waals surface area (Å²) in [6.45, 7) is 13.2. The first-order valence-electron chi connectivity index (χ1n) is 8.82. The van der Waals surface area contributed by atoms with Crippen molar-refractivity contribution in [3.05, 3.63) is 0 Å². The van der Waals surface area contributed by atoms with Crippen LogP contribution in [-0.2, 0) is 9.53 Å². The van der Waals surface area contributed by atoms with Crippen molar-refractivity contribution in [1.29, 1.82) is 0 Å². The molecule has 3 atom stereocenters. The van der Waals surface area contributed by atoms with Crippen LogP contribution in [0, 0.1) is 17.3 Å². The second-order valence-corrected chi connectivity index (χ2v) is 7.39. The van der Waals surface area contributed by atoms with Crippen LogP contribution in [0.4, 0.5) is 0 Å². The van der Waals surface area contributed by atoms with Gasteiger partial charge in [-0.1, -0.05) is 27.7 Å². The minimum Gasteiger partial charge on any atom is -0.377 e. The van der Waals surface area contributed by atoms with E-state index >= 15 is 0 Å². The van der Waals surface area contributed by atoms with Crippen molar-refractivity contribution in [2.45, 2.75) is 53.2 Å². The van der Waals surface area contributed by atoms with Gasteiger partial charge in [0.25, 0.3) is 0 Å². The maximum atomic E-state index is 11.6. The highest BCUT2D eigenvalue weighted by Crippen LogP contribution is 2.52. The topological polar surface area (TPSA) is 74.8 Å². The highest BCUT2D eigenvalue weighted by molar-refractivity contribution is 14.0. The Morgan fingerprint density at radius 3 is 2.67 bits per heavy atom. The number of nitrogens with one attached hydrogen (secondary N) is 3. The van der Waals surface area contributed by atoms with E-state index in [1.54, 1.807) is 0 Å². The smallest absolute Gasteiger partial charge is 0.222 e. The molecule has 2 fully saturated rings. The number of amides is 1. The molecule has 2 aliphatic rings. The summed E-state index contributed by atoms with van der Waals surface area (Å²) in [7, 11) is 0. The second-order valence-electron chi connectivity index (χ2n) is 7.39. The van der Waals surface area contributed by atoms with Crippen LogP contribution in [0.1, 0.15) is 41.0 Å². The van der Waals surface area contributed by atoms with Gasteiger partial charge < -0.3 is 20.7 Å². The summed E-state index contributed by atoms with van der Waals surface area (Å²) in [6, 6.07) is 0.387. The minimum atomic E-state index is 0. The molecule has 1 saturated heterocycles. The van der Waals surface area contributed by atoms with Crippen molar-refractivity contribution in [3.8, 4) is 0 Å². The lowest BCUT2D eigenvalue weighted by molar-refractivity contribution is -0.123. The van der Waals surface area contributed by atoms with Crippen molar-refractivity contribution in [1.82, 2.24) is 16.0 Å². The van der Waals surface area contributed by atoms with Crippen molar-refractivity contribution >= 4 is 35.8 Å². The largest absolute Gasteiger partial charge is 0.377 e. The maximum absolute atomic E-state index is 11.6. The number of aliphatic imine (C=N–C) groups is 1. The van der Waals surface area contributed by atoms with Crippen LogP contribution in [0.25, 0.3) is 0 Å². The number of ether oxygens (including phenoxy) is 1. The van der Waals surface area contributed by atoms with E-state index in [1.807, 2.05) is 13.8 Å². The zero-order valence-corrected chi connectivity index (χ0v) is 17.8. The van der Waals surface area contributed by atoms with Gasteiger partial charge in [-0.3, -0.25) is 9.79 Å². The summed E-state index contributed by atoms with van der Waals surface area (Å²) in [4.78, 5) is 16.1. The van der Waals surface area contributed by atoms with Crippen LogP contribution in [-0.4, -0.2) is 50.3 Å². The molecule has 1 aliphatic carbocycles. The Morgan fingerprint density at radius 1 is 1.33 bits per heavy atom. The summed E-state index contributed by atoms with van der Waals surface area (Å²) < 4.78 is 5.84. The second kappa shape index (κ2) is 9.22. The van der Waals surface area contributed by atoms with E-state index in [9.17, 15) is 4.79 Å². The predicted molar refractivity (Wildman–Crippen MR) is 108 cm³/mol. The Labute approximate surface area is 163 Å². The molecule has 3 unspecified atom stereocenters.